The molecule has 0 radical (unpaired) electrons. The summed E-state index contributed by atoms with van der Waals surface area (Å²) in [5, 5.41) is 8.91. The van der Waals surface area contributed by atoms with Gasteiger partial charge in [-0.15, -0.1) is 0 Å². The average molecular weight is 234 g/mol. The highest BCUT2D eigenvalue weighted by Gasteiger charge is 2.36. The Hall–Kier alpha value is -1.91. The predicted octanol–water partition coefficient (Wildman–Crippen LogP) is 1.08. The molecule has 1 fully saturated rings. The third kappa shape index (κ3) is 2.27. The van der Waals surface area contributed by atoms with Gasteiger partial charge < -0.3 is 10.0 Å². The van der Waals surface area contributed by atoms with Crippen molar-refractivity contribution in [3.8, 4) is 0 Å². The standard InChI is InChI=1S/C12H14N2O3/c1-8(9-3-2-4-13-6-9)14-7-10(12(16)17)5-11(14)15/h2-4,6,8,10H,5,7H2,1H3,(H,16,17). The number of amides is 1. The minimum absolute atomic E-state index is 0.0972. The second-order valence-electron chi connectivity index (χ2n) is 4.25. The molecule has 0 saturated carbocycles. The molecule has 2 heterocycles. The van der Waals surface area contributed by atoms with E-state index in [-0.39, 0.29) is 24.9 Å². The van der Waals surface area contributed by atoms with Gasteiger partial charge in [-0.3, -0.25) is 14.6 Å². The summed E-state index contributed by atoms with van der Waals surface area (Å²) in [7, 11) is 0. The number of pyridine rings is 1. The molecule has 1 N–H and O–H groups in total. The molecule has 1 aliphatic heterocycles. The van der Waals surface area contributed by atoms with Crippen LogP contribution in [0.5, 0.6) is 0 Å². The molecule has 2 atom stereocenters. The van der Waals surface area contributed by atoms with Crippen LogP contribution in [0, 0.1) is 5.92 Å². The topological polar surface area (TPSA) is 70.5 Å². The van der Waals surface area contributed by atoms with Gasteiger partial charge in [-0.1, -0.05) is 6.07 Å². The molecule has 1 saturated heterocycles. The van der Waals surface area contributed by atoms with Crippen molar-refractivity contribution in [3.05, 3.63) is 30.1 Å². The molecule has 2 rings (SSSR count). The maximum atomic E-state index is 11.7. The second-order valence-corrected chi connectivity index (χ2v) is 4.25. The van der Waals surface area contributed by atoms with Gasteiger partial charge in [0.1, 0.15) is 0 Å². The molecule has 1 aromatic heterocycles. The van der Waals surface area contributed by atoms with Crippen molar-refractivity contribution >= 4 is 11.9 Å². The lowest BCUT2D eigenvalue weighted by molar-refractivity contribution is -0.141. The van der Waals surface area contributed by atoms with Gasteiger partial charge >= 0.3 is 5.97 Å². The first-order valence-electron chi connectivity index (χ1n) is 5.52. The van der Waals surface area contributed by atoms with Crippen molar-refractivity contribution in [2.24, 2.45) is 5.92 Å². The Morgan fingerprint density at radius 2 is 2.41 bits per heavy atom. The summed E-state index contributed by atoms with van der Waals surface area (Å²) >= 11 is 0. The van der Waals surface area contributed by atoms with Crippen LogP contribution >= 0.6 is 0 Å². The SMILES string of the molecule is CC(c1cccnc1)N1CC(C(=O)O)CC1=O. The highest BCUT2D eigenvalue weighted by atomic mass is 16.4. The summed E-state index contributed by atoms with van der Waals surface area (Å²) in [5.41, 5.74) is 0.923. The monoisotopic (exact) mass is 234 g/mol. The van der Waals surface area contributed by atoms with Gasteiger partial charge in [0.2, 0.25) is 5.91 Å². The van der Waals surface area contributed by atoms with Crippen LogP contribution in [0.25, 0.3) is 0 Å². The first-order chi connectivity index (χ1) is 8.09. The number of likely N-dealkylation sites (tertiary alicyclic amines) is 1. The van der Waals surface area contributed by atoms with Gasteiger partial charge in [0.15, 0.2) is 0 Å². The number of carbonyl (C=O) groups excluding carboxylic acids is 1. The molecule has 5 heteroatoms. The van der Waals surface area contributed by atoms with E-state index in [1.165, 1.54) is 0 Å². The third-order valence-corrected chi connectivity index (χ3v) is 3.14. The number of carbonyl (C=O) groups is 2. The van der Waals surface area contributed by atoms with E-state index in [1.807, 2.05) is 13.0 Å². The Labute approximate surface area is 99.1 Å². The summed E-state index contributed by atoms with van der Waals surface area (Å²) in [6, 6.07) is 3.57. The van der Waals surface area contributed by atoms with Crippen molar-refractivity contribution in [2.75, 3.05) is 6.54 Å². The van der Waals surface area contributed by atoms with Crippen molar-refractivity contribution in [1.82, 2.24) is 9.88 Å². The molecular formula is C12H14N2O3. The fourth-order valence-electron chi connectivity index (χ4n) is 2.07. The molecule has 5 nitrogen and oxygen atoms in total. The number of aromatic nitrogens is 1. The Kier molecular flexibility index (Phi) is 3.08. The van der Waals surface area contributed by atoms with Crippen molar-refractivity contribution in [2.45, 2.75) is 19.4 Å². The molecular weight excluding hydrogens is 220 g/mol. The average Bonchev–Trinajstić information content (AvgIpc) is 2.72. The van der Waals surface area contributed by atoms with Crippen LogP contribution < -0.4 is 0 Å². The molecule has 0 aromatic carbocycles. The van der Waals surface area contributed by atoms with E-state index in [0.717, 1.165) is 5.56 Å². The molecule has 0 bridgehead atoms. The summed E-state index contributed by atoms with van der Waals surface area (Å²) < 4.78 is 0. The molecule has 0 spiro atoms. The van der Waals surface area contributed by atoms with Crippen molar-refractivity contribution < 1.29 is 14.7 Å². The molecule has 90 valence electrons. The third-order valence-electron chi connectivity index (χ3n) is 3.14. The van der Waals surface area contributed by atoms with Gasteiger partial charge in [-0.2, -0.15) is 0 Å². The smallest absolute Gasteiger partial charge is 0.308 e. The highest BCUT2D eigenvalue weighted by molar-refractivity contribution is 5.86. The lowest BCUT2D eigenvalue weighted by Gasteiger charge is -2.24. The zero-order valence-electron chi connectivity index (χ0n) is 9.54. The second kappa shape index (κ2) is 4.53. The van der Waals surface area contributed by atoms with Crippen molar-refractivity contribution in [3.63, 3.8) is 0 Å². The fraction of sp³-hybridized carbons (Fsp3) is 0.417. The zero-order valence-corrected chi connectivity index (χ0v) is 9.54. The molecule has 0 aliphatic carbocycles. The largest absolute Gasteiger partial charge is 0.481 e. The van der Waals surface area contributed by atoms with Crippen LogP contribution in [-0.4, -0.2) is 33.4 Å². The lowest BCUT2D eigenvalue weighted by Crippen LogP contribution is -2.29. The molecule has 1 amide bonds. The van der Waals surface area contributed by atoms with E-state index in [9.17, 15) is 9.59 Å². The number of nitrogens with zero attached hydrogens (tertiary/aromatic N) is 2. The quantitative estimate of drug-likeness (QED) is 0.849. The fourth-order valence-corrected chi connectivity index (χ4v) is 2.07. The normalized spacial score (nSPS) is 21.6. The number of hydrogen-bond acceptors (Lipinski definition) is 3. The number of hydrogen-bond donors (Lipinski definition) is 1. The summed E-state index contributed by atoms with van der Waals surface area (Å²) in [4.78, 5) is 28.2. The number of aliphatic carboxylic acids is 1. The van der Waals surface area contributed by atoms with E-state index >= 15 is 0 Å². The van der Waals surface area contributed by atoms with E-state index in [1.54, 1.807) is 23.4 Å². The minimum atomic E-state index is -0.903. The van der Waals surface area contributed by atoms with Crippen molar-refractivity contribution in [1.29, 1.82) is 0 Å². The maximum Gasteiger partial charge on any atom is 0.308 e. The number of carboxylic acid groups (broad SMARTS) is 1. The van der Waals surface area contributed by atoms with Crippen LogP contribution in [0.3, 0.4) is 0 Å². The van der Waals surface area contributed by atoms with Crippen LogP contribution in [0.4, 0.5) is 0 Å². The Bertz CT molecular complexity index is 433. The van der Waals surface area contributed by atoms with Gasteiger partial charge in [0, 0.05) is 25.4 Å². The van der Waals surface area contributed by atoms with Crippen LogP contribution in [-0.2, 0) is 9.59 Å². The number of carboxylic acids is 1. The van der Waals surface area contributed by atoms with Crippen LogP contribution in [0.1, 0.15) is 24.9 Å². The van der Waals surface area contributed by atoms with E-state index in [4.69, 9.17) is 5.11 Å². The Morgan fingerprint density at radius 3 is 2.94 bits per heavy atom. The first-order valence-corrected chi connectivity index (χ1v) is 5.52. The summed E-state index contributed by atoms with van der Waals surface area (Å²) in [5.74, 6) is -1.59. The molecule has 2 unspecified atom stereocenters. The Balaban J connectivity index is 2.14. The molecule has 1 aromatic rings. The maximum absolute atomic E-state index is 11.7. The van der Waals surface area contributed by atoms with Crippen LogP contribution in [0.2, 0.25) is 0 Å². The molecule has 1 aliphatic rings. The van der Waals surface area contributed by atoms with E-state index in [0.29, 0.717) is 0 Å². The van der Waals surface area contributed by atoms with E-state index < -0.39 is 11.9 Å². The zero-order chi connectivity index (χ0) is 12.4. The van der Waals surface area contributed by atoms with E-state index in [2.05, 4.69) is 4.98 Å². The number of rotatable bonds is 3. The molecule has 17 heavy (non-hydrogen) atoms. The first kappa shape index (κ1) is 11.6. The summed E-state index contributed by atoms with van der Waals surface area (Å²) in [6.45, 7) is 2.17. The predicted molar refractivity (Wildman–Crippen MR) is 60.1 cm³/mol. The van der Waals surface area contributed by atoms with Gasteiger partial charge in [0.05, 0.1) is 12.0 Å². The Morgan fingerprint density at radius 1 is 1.65 bits per heavy atom. The summed E-state index contributed by atoms with van der Waals surface area (Å²) in [6.07, 6.45) is 3.47. The highest BCUT2D eigenvalue weighted by Crippen LogP contribution is 2.27. The van der Waals surface area contributed by atoms with Gasteiger partial charge in [-0.05, 0) is 18.6 Å². The van der Waals surface area contributed by atoms with Crippen LogP contribution in [0.15, 0.2) is 24.5 Å². The minimum Gasteiger partial charge on any atom is -0.481 e. The lowest BCUT2D eigenvalue weighted by atomic mass is 10.1. The van der Waals surface area contributed by atoms with Gasteiger partial charge in [-0.25, -0.2) is 0 Å². The van der Waals surface area contributed by atoms with Gasteiger partial charge in [0.25, 0.3) is 0 Å².